The molecule has 7 nitrogen and oxygen atoms in total. The van der Waals surface area contributed by atoms with Crippen LogP contribution < -0.4 is 0 Å². The number of carbonyl (C=O) groups is 3. The van der Waals surface area contributed by atoms with Gasteiger partial charge in [-0.15, -0.1) is 0 Å². The predicted octanol–water partition coefficient (Wildman–Crippen LogP) is 1.03. The van der Waals surface area contributed by atoms with E-state index in [9.17, 15) is 19.5 Å². The van der Waals surface area contributed by atoms with Crippen LogP contribution in [-0.2, 0) is 9.59 Å². The number of hydrogen-bond donors (Lipinski definition) is 1. The average molecular weight is 309 g/mol. The van der Waals surface area contributed by atoms with Crippen molar-refractivity contribution in [1.29, 1.82) is 0 Å². The Morgan fingerprint density at radius 1 is 1.33 bits per heavy atom. The molecule has 0 bridgehead atoms. The Balaban J connectivity index is 2.14. The Bertz CT molecular complexity index is 618. The summed E-state index contributed by atoms with van der Waals surface area (Å²) in [6.07, 6.45) is 1.07. The lowest BCUT2D eigenvalue weighted by atomic mass is 10.2. The first-order valence-electron chi connectivity index (χ1n) is 6.44. The number of aryl methyl sites for hydroxylation is 2. The molecule has 0 aromatic carbocycles. The molecule has 0 aliphatic carbocycles. The van der Waals surface area contributed by atoms with Gasteiger partial charge in [-0.25, -0.2) is 14.8 Å². The Morgan fingerprint density at radius 3 is 2.62 bits per heavy atom. The van der Waals surface area contributed by atoms with Crippen LogP contribution in [0.15, 0.2) is 5.03 Å². The van der Waals surface area contributed by atoms with E-state index in [-0.39, 0.29) is 28.2 Å². The standard InChI is InChI=1S/C13H15N3O4S/c1-7-11(13(19)20)12(15-8(2)14-7)21-6-10(18)16-5-3-4-9(16)17/h3-6H2,1-2H3,(H,19,20). The fourth-order valence-corrected chi connectivity index (χ4v) is 3.14. The molecule has 2 heterocycles. The molecular weight excluding hydrogens is 294 g/mol. The van der Waals surface area contributed by atoms with E-state index in [4.69, 9.17) is 0 Å². The maximum absolute atomic E-state index is 12.0. The number of imide groups is 1. The van der Waals surface area contributed by atoms with Crippen molar-refractivity contribution in [2.24, 2.45) is 0 Å². The number of aromatic nitrogens is 2. The molecule has 0 unspecified atom stereocenters. The fraction of sp³-hybridized carbons (Fsp3) is 0.462. The number of thioether (sulfide) groups is 1. The molecule has 1 N–H and O–H groups in total. The van der Waals surface area contributed by atoms with Crippen molar-refractivity contribution >= 4 is 29.5 Å². The van der Waals surface area contributed by atoms with Crippen LogP contribution in [0.3, 0.4) is 0 Å². The number of carboxylic acids is 1. The van der Waals surface area contributed by atoms with Crippen LogP contribution in [0, 0.1) is 13.8 Å². The molecule has 0 radical (unpaired) electrons. The van der Waals surface area contributed by atoms with E-state index >= 15 is 0 Å². The number of likely N-dealkylation sites (tertiary alicyclic amines) is 1. The minimum Gasteiger partial charge on any atom is -0.478 e. The number of carbonyl (C=O) groups excluding carboxylic acids is 2. The SMILES string of the molecule is Cc1nc(C)c(C(=O)O)c(SCC(=O)N2CCCC2=O)n1. The minimum absolute atomic E-state index is 0.00569. The summed E-state index contributed by atoms with van der Waals surface area (Å²) < 4.78 is 0. The highest BCUT2D eigenvalue weighted by atomic mass is 32.2. The van der Waals surface area contributed by atoms with E-state index < -0.39 is 5.97 Å². The minimum atomic E-state index is -1.13. The maximum atomic E-state index is 12.0. The second-order valence-corrected chi connectivity index (χ2v) is 5.64. The Hall–Kier alpha value is -1.96. The third-order valence-corrected chi connectivity index (χ3v) is 4.05. The number of nitrogens with zero attached hydrogens (tertiary/aromatic N) is 3. The quantitative estimate of drug-likeness (QED) is 0.655. The van der Waals surface area contributed by atoms with Gasteiger partial charge in [0.2, 0.25) is 11.8 Å². The maximum Gasteiger partial charge on any atom is 0.340 e. The molecule has 1 fully saturated rings. The lowest BCUT2D eigenvalue weighted by Crippen LogP contribution is -2.33. The highest BCUT2D eigenvalue weighted by Gasteiger charge is 2.27. The van der Waals surface area contributed by atoms with E-state index in [1.807, 2.05) is 0 Å². The van der Waals surface area contributed by atoms with Gasteiger partial charge in [0.15, 0.2) is 0 Å². The number of carboxylic acid groups (broad SMARTS) is 1. The van der Waals surface area contributed by atoms with Crippen molar-refractivity contribution in [3.63, 3.8) is 0 Å². The van der Waals surface area contributed by atoms with Gasteiger partial charge in [0, 0.05) is 13.0 Å². The summed E-state index contributed by atoms with van der Waals surface area (Å²) in [6, 6.07) is 0. The molecule has 21 heavy (non-hydrogen) atoms. The molecule has 8 heteroatoms. The molecule has 1 aromatic heterocycles. The van der Waals surface area contributed by atoms with Gasteiger partial charge in [0.1, 0.15) is 16.4 Å². The summed E-state index contributed by atoms with van der Waals surface area (Å²) in [7, 11) is 0. The molecule has 1 aliphatic rings. The Morgan fingerprint density at radius 2 is 2.05 bits per heavy atom. The summed E-state index contributed by atoms with van der Waals surface area (Å²) in [5.41, 5.74) is 0.369. The first-order valence-corrected chi connectivity index (χ1v) is 7.43. The van der Waals surface area contributed by atoms with Gasteiger partial charge in [-0.3, -0.25) is 14.5 Å². The summed E-state index contributed by atoms with van der Waals surface area (Å²) >= 11 is 1.03. The highest BCUT2D eigenvalue weighted by Crippen LogP contribution is 2.24. The van der Waals surface area contributed by atoms with Crippen molar-refractivity contribution in [2.75, 3.05) is 12.3 Å². The van der Waals surface area contributed by atoms with Gasteiger partial charge in [-0.2, -0.15) is 0 Å². The van der Waals surface area contributed by atoms with Crippen LogP contribution in [-0.4, -0.2) is 50.1 Å². The van der Waals surface area contributed by atoms with Crippen molar-refractivity contribution < 1.29 is 19.5 Å². The topological polar surface area (TPSA) is 100 Å². The van der Waals surface area contributed by atoms with Crippen LogP contribution in [0.5, 0.6) is 0 Å². The predicted molar refractivity (Wildman–Crippen MR) is 75.1 cm³/mol. The van der Waals surface area contributed by atoms with E-state index in [1.165, 1.54) is 4.90 Å². The molecule has 2 amide bonds. The molecule has 1 aromatic rings. The van der Waals surface area contributed by atoms with E-state index in [1.54, 1.807) is 13.8 Å². The molecule has 2 rings (SSSR count). The van der Waals surface area contributed by atoms with Crippen LogP contribution in [0.4, 0.5) is 0 Å². The van der Waals surface area contributed by atoms with Gasteiger partial charge < -0.3 is 5.11 Å². The first-order chi connectivity index (χ1) is 9.90. The largest absolute Gasteiger partial charge is 0.478 e. The second kappa shape index (κ2) is 6.21. The average Bonchev–Trinajstić information content (AvgIpc) is 2.81. The Labute approximate surface area is 125 Å². The van der Waals surface area contributed by atoms with Crippen molar-refractivity contribution in [3.05, 3.63) is 17.1 Å². The molecule has 1 saturated heterocycles. The molecule has 112 valence electrons. The summed E-state index contributed by atoms with van der Waals surface area (Å²) in [4.78, 5) is 44.0. The normalized spacial score (nSPS) is 14.6. The Kier molecular flexibility index (Phi) is 4.56. The van der Waals surface area contributed by atoms with E-state index in [2.05, 4.69) is 9.97 Å². The van der Waals surface area contributed by atoms with Crippen LogP contribution >= 0.6 is 11.8 Å². The van der Waals surface area contributed by atoms with Crippen LogP contribution in [0.2, 0.25) is 0 Å². The van der Waals surface area contributed by atoms with Crippen molar-refractivity contribution in [3.8, 4) is 0 Å². The third-order valence-electron chi connectivity index (χ3n) is 3.09. The van der Waals surface area contributed by atoms with Gasteiger partial charge in [-0.05, 0) is 20.3 Å². The summed E-state index contributed by atoms with van der Waals surface area (Å²) in [5.74, 6) is -1.17. The smallest absolute Gasteiger partial charge is 0.340 e. The van der Waals surface area contributed by atoms with Gasteiger partial charge in [-0.1, -0.05) is 11.8 Å². The molecule has 0 spiro atoms. The number of aromatic carboxylic acids is 1. The number of amides is 2. The number of rotatable bonds is 4. The van der Waals surface area contributed by atoms with Crippen molar-refractivity contribution in [2.45, 2.75) is 31.7 Å². The number of hydrogen-bond acceptors (Lipinski definition) is 6. The van der Waals surface area contributed by atoms with Crippen molar-refractivity contribution in [1.82, 2.24) is 14.9 Å². The van der Waals surface area contributed by atoms with Gasteiger partial charge in [0.05, 0.1) is 11.4 Å². The molecule has 1 aliphatic heterocycles. The highest BCUT2D eigenvalue weighted by molar-refractivity contribution is 8.00. The molecule has 0 saturated carbocycles. The third kappa shape index (κ3) is 3.38. The fourth-order valence-electron chi connectivity index (χ4n) is 2.15. The van der Waals surface area contributed by atoms with Crippen LogP contribution in [0.25, 0.3) is 0 Å². The first kappa shape index (κ1) is 15.4. The van der Waals surface area contributed by atoms with Gasteiger partial charge in [0.25, 0.3) is 0 Å². The second-order valence-electron chi connectivity index (χ2n) is 4.67. The zero-order chi connectivity index (χ0) is 15.6. The van der Waals surface area contributed by atoms with Crippen LogP contribution in [0.1, 0.15) is 34.7 Å². The summed E-state index contributed by atoms with van der Waals surface area (Å²) in [6.45, 7) is 3.69. The van der Waals surface area contributed by atoms with E-state index in [0.29, 0.717) is 30.9 Å². The van der Waals surface area contributed by atoms with Gasteiger partial charge >= 0.3 is 5.97 Å². The zero-order valence-corrected chi connectivity index (χ0v) is 12.6. The summed E-state index contributed by atoms with van der Waals surface area (Å²) in [5, 5.41) is 9.47. The monoisotopic (exact) mass is 309 g/mol. The molecular formula is C13H15N3O4S. The lowest BCUT2D eigenvalue weighted by Gasteiger charge is -2.13. The van der Waals surface area contributed by atoms with E-state index in [0.717, 1.165) is 11.8 Å². The zero-order valence-electron chi connectivity index (χ0n) is 11.8. The molecule has 0 atom stereocenters. The lowest BCUT2D eigenvalue weighted by molar-refractivity contribution is -0.140.